The van der Waals surface area contributed by atoms with Crippen LogP contribution in [-0.2, 0) is 18.5 Å². The molecule has 2 rings (SSSR count). The van der Waals surface area contributed by atoms with Crippen LogP contribution in [0.1, 0.15) is 30.5 Å². The van der Waals surface area contributed by atoms with E-state index in [1.165, 1.54) is 9.75 Å². The summed E-state index contributed by atoms with van der Waals surface area (Å²) in [6, 6.07) is 4.45. The van der Waals surface area contributed by atoms with Crippen LogP contribution in [0.3, 0.4) is 0 Å². The molecule has 0 aliphatic rings. The third kappa shape index (κ3) is 3.65. The average Bonchev–Trinajstić information content (AvgIpc) is 2.95. The van der Waals surface area contributed by atoms with Crippen LogP contribution in [0.5, 0.6) is 0 Å². The molecule has 0 bridgehead atoms. The molecule has 98 valence electrons. The van der Waals surface area contributed by atoms with Crippen LogP contribution < -0.4 is 5.32 Å². The fraction of sp³-hybridized carbons (Fsp3) is 0.538. The molecule has 0 fully saturated rings. The van der Waals surface area contributed by atoms with E-state index in [0.717, 1.165) is 19.6 Å². The van der Waals surface area contributed by atoms with Crippen LogP contribution in [-0.4, -0.2) is 21.5 Å². The summed E-state index contributed by atoms with van der Waals surface area (Å²) in [5.74, 6) is 0. The number of rotatable bonds is 5. The van der Waals surface area contributed by atoms with Gasteiger partial charge in [0.05, 0.1) is 12.7 Å². The van der Waals surface area contributed by atoms with Gasteiger partial charge in [0.2, 0.25) is 0 Å². The Morgan fingerprint density at radius 3 is 2.78 bits per heavy atom. The first-order chi connectivity index (χ1) is 8.55. The van der Waals surface area contributed by atoms with Gasteiger partial charge in [0.15, 0.2) is 0 Å². The summed E-state index contributed by atoms with van der Waals surface area (Å²) in [4.78, 5) is 2.83. The van der Waals surface area contributed by atoms with E-state index >= 15 is 0 Å². The Balaban J connectivity index is 1.75. The number of hydrogen-bond donors (Lipinski definition) is 1. The molecule has 1 N–H and O–H groups in total. The van der Waals surface area contributed by atoms with Gasteiger partial charge in [-0.15, -0.1) is 16.4 Å². The van der Waals surface area contributed by atoms with E-state index in [4.69, 9.17) is 0 Å². The topological polar surface area (TPSA) is 42.7 Å². The average molecular weight is 264 g/mol. The van der Waals surface area contributed by atoms with Gasteiger partial charge in [0.25, 0.3) is 0 Å². The first-order valence-corrected chi connectivity index (χ1v) is 7.01. The molecule has 0 aliphatic heterocycles. The lowest BCUT2D eigenvalue weighted by Gasteiger charge is -2.15. The van der Waals surface area contributed by atoms with Gasteiger partial charge >= 0.3 is 0 Å². The summed E-state index contributed by atoms with van der Waals surface area (Å²) in [6.45, 7) is 9.45. The summed E-state index contributed by atoms with van der Waals surface area (Å²) >= 11 is 1.89. The SMILES string of the molecule is CC(C)(C)c1ccc(CNCCn2ccnn2)s1. The predicted molar refractivity (Wildman–Crippen MR) is 74.7 cm³/mol. The van der Waals surface area contributed by atoms with Crippen LogP contribution in [0.25, 0.3) is 0 Å². The number of nitrogens with one attached hydrogen (secondary N) is 1. The van der Waals surface area contributed by atoms with Crippen molar-refractivity contribution >= 4 is 11.3 Å². The Morgan fingerprint density at radius 1 is 1.33 bits per heavy atom. The van der Waals surface area contributed by atoms with Crippen molar-refractivity contribution in [1.29, 1.82) is 0 Å². The van der Waals surface area contributed by atoms with E-state index in [2.05, 4.69) is 48.5 Å². The molecule has 0 amide bonds. The van der Waals surface area contributed by atoms with Gasteiger partial charge in [-0.2, -0.15) is 0 Å². The largest absolute Gasteiger partial charge is 0.310 e. The minimum Gasteiger partial charge on any atom is -0.310 e. The Kier molecular flexibility index (Phi) is 4.14. The zero-order chi connectivity index (χ0) is 13.0. The lowest BCUT2D eigenvalue weighted by molar-refractivity contribution is 0.542. The minimum atomic E-state index is 0.254. The predicted octanol–water partition coefficient (Wildman–Crippen LogP) is 2.43. The van der Waals surface area contributed by atoms with E-state index in [-0.39, 0.29) is 5.41 Å². The Bertz CT molecular complexity index is 467. The molecule has 5 heteroatoms. The van der Waals surface area contributed by atoms with Crippen LogP contribution in [0.4, 0.5) is 0 Å². The summed E-state index contributed by atoms with van der Waals surface area (Å²) in [6.07, 6.45) is 3.58. The zero-order valence-corrected chi connectivity index (χ0v) is 12.0. The van der Waals surface area contributed by atoms with Crippen molar-refractivity contribution in [2.24, 2.45) is 0 Å². The van der Waals surface area contributed by atoms with Crippen molar-refractivity contribution < 1.29 is 0 Å². The molecule has 0 aromatic carbocycles. The van der Waals surface area contributed by atoms with Crippen molar-refractivity contribution in [3.63, 3.8) is 0 Å². The number of aromatic nitrogens is 3. The van der Waals surface area contributed by atoms with Gasteiger partial charge in [-0.05, 0) is 17.5 Å². The maximum atomic E-state index is 3.93. The van der Waals surface area contributed by atoms with Crippen molar-refractivity contribution in [2.75, 3.05) is 6.54 Å². The number of hydrogen-bond acceptors (Lipinski definition) is 4. The van der Waals surface area contributed by atoms with Crippen molar-refractivity contribution in [1.82, 2.24) is 20.3 Å². The molecule has 0 saturated carbocycles. The second-order valence-corrected chi connectivity index (χ2v) is 6.53. The highest BCUT2D eigenvalue weighted by Gasteiger charge is 2.15. The third-order valence-electron chi connectivity index (χ3n) is 2.69. The Hall–Kier alpha value is -1.20. The molecular formula is C13H20N4S. The van der Waals surface area contributed by atoms with Crippen LogP contribution >= 0.6 is 11.3 Å². The van der Waals surface area contributed by atoms with Crippen LogP contribution in [0, 0.1) is 0 Å². The molecule has 0 saturated heterocycles. The first-order valence-electron chi connectivity index (χ1n) is 6.20. The molecule has 4 nitrogen and oxygen atoms in total. The van der Waals surface area contributed by atoms with Crippen LogP contribution in [0.2, 0.25) is 0 Å². The maximum absolute atomic E-state index is 3.93. The van der Waals surface area contributed by atoms with Gasteiger partial charge in [-0.25, -0.2) is 0 Å². The maximum Gasteiger partial charge on any atom is 0.0692 e. The number of nitrogens with zero attached hydrogens (tertiary/aromatic N) is 3. The molecular weight excluding hydrogens is 244 g/mol. The van der Waals surface area contributed by atoms with E-state index < -0.39 is 0 Å². The van der Waals surface area contributed by atoms with Gasteiger partial charge in [-0.3, -0.25) is 4.68 Å². The monoisotopic (exact) mass is 264 g/mol. The lowest BCUT2D eigenvalue weighted by atomic mass is 9.95. The minimum absolute atomic E-state index is 0.254. The smallest absolute Gasteiger partial charge is 0.0692 e. The Labute approximate surface area is 112 Å². The van der Waals surface area contributed by atoms with Gasteiger partial charge in [0.1, 0.15) is 0 Å². The van der Waals surface area contributed by atoms with Crippen molar-refractivity contribution in [3.05, 3.63) is 34.3 Å². The van der Waals surface area contributed by atoms with Crippen molar-refractivity contribution in [2.45, 2.75) is 39.3 Å². The summed E-state index contributed by atoms with van der Waals surface area (Å²) < 4.78 is 1.84. The molecule has 2 aromatic rings. The summed E-state index contributed by atoms with van der Waals surface area (Å²) in [7, 11) is 0. The van der Waals surface area contributed by atoms with E-state index in [1.54, 1.807) is 6.20 Å². The highest BCUT2D eigenvalue weighted by molar-refractivity contribution is 7.12. The zero-order valence-electron chi connectivity index (χ0n) is 11.2. The first kappa shape index (κ1) is 13.2. The third-order valence-corrected chi connectivity index (χ3v) is 4.20. The van der Waals surface area contributed by atoms with Gasteiger partial charge in [-0.1, -0.05) is 26.0 Å². The second-order valence-electron chi connectivity index (χ2n) is 5.36. The molecule has 2 heterocycles. The normalized spacial score (nSPS) is 11.9. The molecule has 0 unspecified atom stereocenters. The molecule has 0 spiro atoms. The summed E-state index contributed by atoms with van der Waals surface area (Å²) in [5.41, 5.74) is 0.254. The lowest BCUT2D eigenvalue weighted by Crippen LogP contribution is -2.19. The Morgan fingerprint density at radius 2 is 2.17 bits per heavy atom. The molecule has 0 aliphatic carbocycles. The molecule has 2 aromatic heterocycles. The standard InChI is InChI=1S/C13H20N4S/c1-13(2,3)12-5-4-11(18-12)10-14-6-8-17-9-7-15-16-17/h4-5,7,9,14H,6,8,10H2,1-3H3. The fourth-order valence-electron chi connectivity index (χ4n) is 1.63. The van der Waals surface area contributed by atoms with E-state index in [9.17, 15) is 0 Å². The highest BCUT2D eigenvalue weighted by atomic mass is 32.1. The second kappa shape index (κ2) is 5.63. The quantitative estimate of drug-likeness (QED) is 0.843. The number of thiophene rings is 1. The molecule has 18 heavy (non-hydrogen) atoms. The summed E-state index contributed by atoms with van der Waals surface area (Å²) in [5, 5.41) is 11.1. The van der Waals surface area contributed by atoms with Crippen LogP contribution in [0.15, 0.2) is 24.5 Å². The van der Waals surface area contributed by atoms with E-state index in [1.807, 2.05) is 22.2 Å². The highest BCUT2D eigenvalue weighted by Crippen LogP contribution is 2.29. The van der Waals surface area contributed by atoms with Crippen molar-refractivity contribution in [3.8, 4) is 0 Å². The van der Waals surface area contributed by atoms with E-state index in [0.29, 0.717) is 0 Å². The van der Waals surface area contributed by atoms with Gasteiger partial charge < -0.3 is 5.32 Å². The molecule has 0 radical (unpaired) electrons. The molecule has 0 atom stereocenters. The van der Waals surface area contributed by atoms with Gasteiger partial charge in [0, 0.05) is 29.0 Å². The fourth-order valence-corrected chi connectivity index (χ4v) is 2.67.